The second-order valence-corrected chi connectivity index (χ2v) is 7.37. The number of hydrogen-bond acceptors (Lipinski definition) is 5. The topological polar surface area (TPSA) is 91.8 Å². The van der Waals surface area contributed by atoms with Crippen molar-refractivity contribution in [3.63, 3.8) is 0 Å². The SMILES string of the molecule is O=C(Cc1ccccn1)N[C@H]1CC[C@@H](CC(=O)N2CCCCC2)O[C@@H]1CO. The van der Waals surface area contributed by atoms with E-state index < -0.39 is 6.10 Å². The van der Waals surface area contributed by atoms with Crippen LogP contribution in [0.15, 0.2) is 24.4 Å². The lowest BCUT2D eigenvalue weighted by Gasteiger charge is -2.37. The highest BCUT2D eigenvalue weighted by atomic mass is 16.5. The monoisotopic (exact) mass is 375 g/mol. The first kappa shape index (κ1) is 19.8. The Morgan fingerprint density at radius 2 is 2.04 bits per heavy atom. The van der Waals surface area contributed by atoms with Gasteiger partial charge in [0, 0.05) is 25.0 Å². The summed E-state index contributed by atoms with van der Waals surface area (Å²) in [5.41, 5.74) is 0.706. The van der Waals surface area contributed by atoms with Crippen LogP contribution in [0.5, 0.6) is 0 Å². The van der Waals surface area contributed by atoms with Gasteiger partial charge in [-0.2, -0.15) is 0 Å². The number of nitrogens with one attached hydrogen (secondary N) is 1. The van der Waals surface area contributed by atoms with Crippen LogP contribution in [0.2, 0.25) is 0 Å². The summed E-state index contributed by atoms with van der Waals surface area (Å²) in [6.45, 7) is 1.49. The van der Waals surface area contributed by atoms with E-state index in [0.29, 0.717) is 25.0 Å². The fourth-order valence-electron chi connectivity index (χ4n) is 3.84. The molecule has 2 saturated heterocycles. The smallest absolute Gasteiger partial charge is 0.226 e. The van der Waals surface area contributed by atoms with Crippen molar-refractivity contribution < 1.29 is 19.4 Å². The number of pyridine rings is 1. The van der Waals surface area contributed by atoms with Gasteiger partial charge in [0.15, 0.2) is 0 Å². The summed E-state index contributed by atoms with van der Waals surface area (Å²) in [6, 6.07) is 5.22. The second kappa shape index (κ2) is 9.80. The van der Waals surface area contributed by atoms with Crippen molar-refractivity contribution in [1.82, 2.24) is 15.2 Å². The van der Waals surface area contributed by atoms with E-state index in [4.69, 9.17) is 4.74 Å². The van der Waals surface area contributed by atoms with Crippen molar-refractivity contribution in [3.05, 3.63) is 30.1 Å². The summed E-state index contributed by atoms with van der Waals surface area (Å²) >= 11 is 0. The lowest BCUT2D eigenvalue weighted by molar-refractivity contribution is -0.143. The Labute approximate surface area is 160 Å². The molecule has 0 unspecified atom stereocenters. The van der Waals surface area contributed by atoms with Gasteiger partial charge in [-0.3, -0.25) is 14.6 Å². The van der Waals surface area contributed by atoms with Gasteiger partial charge in [-0.05, 0) is 44.2 Å². The maximum Gasteiger partial charge on any atom is 0.226 e. The molecule has 3 atom stereocenters. The maximum atomic E-state index is 12.4. The molecule has 1 aromatic rings. The summed E-state index contributed by atoms with van der Waals surface area (Å²) in [6.07, 6.45) is 6.26. The van der Waals surface area contributed by atoms with Gasteiger partial charge in [0.25, 0.3) is 0 Å². The zero-order chi connectivity index (χ0) is 19.1. The number of aliphatic hydroxyl groups excluding tert-OH is 1. The largest absolute Gasteiger partial charge is 0.394 e. The van der Waals surface area contributed by atoms with Gasteiger partial charge in [0.1, 0.15) is 6.10 Å². The van der Waals surface area contributed by atoms with Crippen molar-refractivity contribution in [2.24, 2.45) is 0 Å². The number of aromatic nitrogens is 1. The van der Waals surface area contributed by atoms with E-state index in [-0.39, 0.29) is 37.0 Å². The predicted molar refractivity (Wildman–Crippen MR) is 99.9 cm³/mol. The van der Waals surface area contributed by atoms with Crippen molar-refractivity contribution in [2.45, 2.75) is 63.2 Å². The van der Waals surface area contributed by atoms with Crippen molar-refractivity contribution in [3.8, 4) is 0 Å². The number of likely N-dealkylation sites (tertiary alicyclic amines) is 1. The molecule has 0 spiro atoms. The highest BCUT2D eigenvalue weighted by Crippen LogP contribution is 2.23. The standard InChI is InChI=1S/C20H29N3O4/c24-14-18-17(22-19(25)12-15-6-2-3-9-21-15)8-7-16(27-18)13-20(26)23-10-4-1-5-11-23/h2-3,6,9,16-18,24H,1,4-5,7-8,10-14H2,(H,22,25)/t16-,17-,18+/m0/s1. The Kier molecular flexibility index (Phi) is 7.18. The number of piperidine rings is 1. The summed E-state index contributed by atoms with van der Waals surface area (Å²) in [5.74, 6) is -0.00220. The normalized spacial score (nSPS) is 25.8. The van der Waals surface area contributed by atoms with Gasteiger partial charge in [-0.25, -0.2) is 0 Å². The Hall–Kier alpha value is -1.99. The van der Waals surface area contributed by atoms with Gasteiger partial charge in [0.05, 0.1) is 31.6 Å². The Morgan fingerprint density at radius 3 is 2.74 bits per heavy atom. The number of carbonyl (C=O) groups is 2. The molecule has 2 N–H and O–H groups in total. The van der Waals surface area contributed by atoms with Crippen LogP contribution in [0.1, 0.15) is 44.2 Å². The van der Waals surface area contributed by atoms with Crippen LogP contribution in [0.3, 0.4) is 0 Å². The molecular weight excluding hydrogens is 346 g/mol. The summed E-state index contributed by atoms with van der Waals surface area (Å²) in [4.78, 5) is 30.8. The quantitative estimate of drug-likeness (QED) is 0.775. The number of nitrogens with zero attached hydrogens (tertiary/aromatic N) is 2. The van der Waals surface area contributed by atoms with Gasteiger partial charge in [0.2, 0.25) is 11.8 Å². The van der Waals surface area contributed by atoms with Crippen LogP contribution in [0.25, 0.3) is 0 Å². The minimum absolute atomic E-state index is 0.133. The minimum atomic E-state index is -0.481. The zero-order valence-corrected chi connectivity index (χ0v) is 15.7. The van der Waals surface area contributed by atoms with E-state index in [2.05, 4.69) is 10.3 Å². The summed E-state index contributed by atoms with van der Waals surface area (Å²) < 4.78 is 5.93. The van der Waals surface area contributed by atoms with E-state index >= 15 is 0 Å². The molecule has 0 saturated carbocycles. The van der Waals surface area contributed by atoms with E-state index in [1.165, 1.54) is 6.42 Å². The average Bonchev–Trinajstić information content (AvgIpc) is 2.70. The number of amides is 2. The molecule has 0 radical (unpaired) electrons. The van der Waals surface area contributed by atoms with E-state index in [0.717, 1.165) is 25.9 Å². The molecule has 148 valence electrons. The van der Waals surface area contributed by atoms with E-state index in [1.807, 2.05) is 23.1 Å². The van der Waals surface area contributed by atoms with E-state index in [1.54, 1.807) is 6.20 Å². The van der Waals surface area contributed by atoms with Crippen molar-refractivity contribution in [2.75, 3.05) is 19.7 Å². The third-order valence-corrected chi connectivity index (χ3v) is 5.32. The van der Waals surface area contributed by atoms with E-state index in [9.17, 15) is 14.7 Å². The van der Waals surface area contributed by atoms with Crippen LogP contribution in [0.4, 0.5) is 0 Å². The van der Waals surface area contributed by atoms with Gasteiger partial charge in [-0.1, -0.05) is 6.07 Å². The second-order valence-electron chi connectivity index (χ2n) is 7.37. The number of hydrogen-bond donors (Lipinski definition) is 2. The molecule has 3 heterocycles. The van der Waals surface area contributed by atoms with Crippen molar-refractivity contribution >= 4 is 11.8 Å². The third kappa shape index (κ3) is 5.74. The molecule has 2 aliphatic heterocycles. The fourth-order valence-corrected chi connectivity index (χ4v) is 3.84. The summed E-state index contributed by atoms with van der Waals surface area (Å²) in [5, 5.41) is 12.6. The lowest BCUT2D eigenvalue weighted by Crippen LogP contribution is -2.52. The Balaban J connectivity index is 1.47. The van der Waals surface area contributed by atoms with Crippen LogP contribution < -0.4 is 5.32 Å². The molecule has 2 fully saturated rings. The predicted octanol–water partition coefficient (Wildman–Crippen LogP) is 1.05. The molecular formula is C20H29N3O4. The molecule has 3 rings (SSSR count). The minimum Gasteiger partial charge on any atom is -0.394 e. The molecule has 2 aliphatic rings. The molecule has 0 aliphatic carbocycles. The van der Waals surface area contributed by atoms with Crippen molar-refractivity contribution in [1.29, 1.82) is 0 Å². The number of aliphatic hydroxyl groups is 1. The highest BCUT2D eigenvalue weighted by Gasteiger charge is 2.33. The molecule has 7 nitrogen and oxygen atoms in total. The van der Waals surface area contributed by atoms with Crippen LogP contribution in [0, 0.1) is 0 Å². The molecule has 1 aromatic heterocycles. The molecule has 0 bridgehead atoms. The first-order valence-corrected chi connectivity index (χ1v) is 9.89. The lowest BCUT2D eigenvalue weighted by atomic mass is 9.96. The van der Waals surface area contributed by atoms with Crippen LogP contribution >= 0.6 is 0 Å². The van der Waals surface area contributed by atoms with Gasteiger partial charge >= 0.3 is 0 Å². The molecule has 27 heavy (non-hydrogen) atoms. The fraction of sp³-hybridized carbons (Fsp3) is 0.650. The Morgan fingerprint density at radius 1 is 1.22 bits per heavy atom. The molecule has 7 heteroatoms. The van der Waals surface area contributed by atoms with Crippen LogP contribution in [-0.4, -0.2) is 64.8 Å². The first-order valence-electron chi connectivity index (χ1n) is 9.89. The average molecular weight is 375 g/mol. The van der Waals surface area contributed by atoms with Crippen LogP contribution in [-0.2, 0) is 20.7 Å². The van der Waals surface area contributed by atoms with Gasteiger partial charge < -0.3 is 20.1 Å². The summed E-state index contributed by atoms with van der Waals surface area (Å²) in [7, 11) is 0. The zero-order valence-electron chi connectivity index (χ0n) is 15.7. The third-order valence-electron chi connectivity index (χ3n) is 5.32. The maximum absolute atomic E-state index is 12.4. The highest BCUT2D eigenvalue weighted by molar-refractivity contribution is 5.78. The van der Waals surface area contributed by atoms with Gasteiger partial charge in [-0.15, -0.1) is 0 Å². The number of carbonyl (C=O) groups excluding carboxylic acids is 2. The number of rotatable bonds is 6. The number of ether oxygens (including phenoxy) is 1. The molecule has 2 amide bonds. The Bertz CT molecular complexity index is 619. The first-order chi connectivity index (χ1) is 13.2. The molecule has 0 aromatic carbocycles.